The van der Waals surface area contributed by atoms with Gasteiger partial charge in [0, 0.05) is 13.1 Å². The van der Waals surface area contributed by atoms with Crippen molar-refractivity contribution in [1.29, 1.82) is 0 Å². The number of likely N-dealkylation sites (tertiary alicyclic amines) is 1. The number of rotatable bonds is 1. The molecule has 64 valence electrons. The van der Waals surface area contributed by atoms with E-state index in [0.717, 1.165) is 11.8 Å². The van der Waals surface area contributed by atoms with Gasteiger partial charge in [-0.1, -0.05) is 6.92 Å². The molecule has 1 N–H and O–H groups in total. The summed E-state index contributed by atoms with van der Waals surface area (Å²) in [4.78, 5) is 2.59. The van der Waals surface area contributed by atoms with Gasteiger partial charge in [-0.3, -0.25) is 0 Å². The monoisotopic (exact) mass is 154 g/mol. The Kier molecular flexibility index (Phi) is 2.14. The van der Waals surface area contributed by atoms with Gasteiger partial charge >= 0.3 is 0 Å². The molecule has 0 amide bonds. The summed E-state index contributed by atoms with van der Waals surface area (Å²) in [5.74, 6) is 1.97. The van der Waals surface area contributed by atoms with E-state index in [4.69, 9.17) is 0 Å². The second-order valence-electron chi connectivity index (χ2n) is 3.87. The smallest absolute Gasteiger partial charge is 0.00249 e. The van der Waals surface area contributed by atoms with E-state index in [2.05, 4.69) is 17.1 Å². The average molecular weight is 154 g/mol. The molecule has 2 aliphatic heterocycles. The lowest BCUT2D eigenvalue weighted by Crippen LogP contribution is -2.35. The molecule has 2 saturated heterocycles. The number of piperidine rings is 1. The van der Waals surface area contributed by atoms with Crippen LogP contribution in [-0.2, 0) is 0 Å². The van der Waals surface area contributed by atoms with Crippen molar-refractivity contribution < 1.29 is 0 Å². The standard InChI is InChI=1S/C9H18N2/c1-2-11-6-8-3-4-10-5-9(8)7-11/h8-10H,2-7H2,1H3. The third-order valence-electron chi connectivity index (χ3n) is 3.20. The highest BCUT2D eigenvalue weighted by molar-refractivity contribution is 4.87. The molecule has 0 aromatic heterocycles. The van der Waals surface area contributed by atoms with Crippen LogP contribution in [0.3, 0.4) is 0 Å². The van der Waals surface area contributed by atoms with E-state index in [9.17, 15) is 0 Å². The van der Waals surface area contributed by atoms with Crippen molar-refractivity contribution >= 4 is 0 Å². The zero-order valence-corrected chi connectivity index (χ0v) is 7.34. The molecular formula is C9H18N2. The van der Waals surface area contributed by atoms with Crippen LogP contribution in [0.1, 0.15) is 13.3 Å². The molecule has 0 saturated carbocycles. The van der Waals surface area contributed by atoms with Crippen LogP contribution in [0, 0.1) is 11.8 Å². The van der Waals surface area contributed by atoms with Crippen molar-refractivity contribution in [2.75, 3.05) is 32.7 Å². The van der Waals surface area contributed by atoms with Crippen LogP contribution < -0.4 is 5.32 Å². The second-order valence-corrected chi connectivity index (χ2v) is 3.87. The van der Waals surface area contributed by atoms with Gasteiger partial charge in [-0.2, -0.15) is 0 Å². The number of fused-ring (bicyclic) bond motifs is 1. The van der Waals surface area contributed by atoms with Crippen molar-refractivity contribution in [3.05, 3.63) is 0 Å². The molecule has 2 fully saturated rings. The third kappa shape index (κ3) is 1.42. The maximum atomic E-state index is 3.47. The zero-order valence-electron chi connectivity index (χ0n) is 7.34. The lowest BCUT2D eigenvalue weighted by Gasteiger charge is -2.24. The molecule has 2 heterocycles. The van der Waals surface area contributed by atoms with Crippen LogP contribution in [0.2, 0.25) is 0 Å². The fourth-order valence-corrected chi connectivity index (χ4v) is 2.43. The van der Waals surface area contributed by atoms with E-state index in [1.165, 1.54) is 39.1 Å². The third-order valence-corrected chi connectivity index (χ3v) is 3.20. The van der Waals surface area contributed by atoms with Crippen LogP contribution >= 0.6 is 0 Å². The van der Waals surface area contributed by atoms with E-state index in [1.54, 1.807) is 0 Å². The summed E-state index contributed by atoms with van der Waals surface area (Å²) in [6, 6.07) is 0. The van der Waals surface area contributed by atoms with Crippen molar-refractivity contribution in [1.82, 2.24) is 10.2 Å². The lowest BCUT2D eigenvalue weighted by molar-refractivity contribution is 0.318. The van der Waals surface area contributed by atoms with Crippen molar-refractivity contribution in [3.8, 4) is 0 Å². The SMILES string of the molecule is CCN1CC2CCNCC2C1. The van der Waals surface area contributed by atoms with Crippen molar-refractivity contribution in [2.45, 2.75) is 13.3 Å². The van der Waals surface area contributed by atoms with Gasteiger partial charge in [-0.05, 0) is 37.9 Å². The fraction of sp³-hybridized carbons (Fsp3) is 1.00. The largest absolute Gasteiger partial charge is 0.316 e. The summed E-state index contributed by atoms with van der Waals surface area (Å²) < 4.78 is 0. The van der Waals surface area contributed by atoms with Crippen LogP contribution in [-0.4, -0.2) is 37.6 Å². The van der Waals surface area contributed by atoms with Gasteiger partial charge < -0.3 is 10.2 Å². The highest BCUT2D eigenvalue weighted by Gasteiger charge is 2.33. The Morgan fingerprint density at radius 2 is 2.18 bits per heavy atom. The van der Waals surface area contributed by atoms with E-state index < -0.39 is 0 Å². The van der Waals surface area contributed by atoms with Gasteiger partial charge in [0.1, 0.15) is 0 Å². The highest BCUT2D eigenvalue weighted by atomic mass is 15.2. The Balaban J connectivity index is 1.92. The Morgan fingerprint density at radius 1 is 1.36 bits per heavy atom. The van der Waals surface area contributed by atoms with Gasteiger partial charge in [0.05, 0.1) is 0 Å². The first kappa shape index (κ1) is 7.56. The molecule has 0 aliphatic carbocycles. The fourth-order valence-electron chi connectivity index (χ4n) is 2.43. The average Bonchev–Trinajstić information content (AvgIpc) is 2.46. The Labute approximate surface area is 69.0 Å². The summed E-state index contributed by atoms with van der Waals surface area (Å²) in [7, 11) is 0. The Hall–Kier alpha value is -0.0800. The molecule has 2 unspecified atom stereocenters. The summed E-state index contributed by atoms with van der Waals surface area (Å²) in [5, 5.41) is 3.47. The Morgan fingerprint density at radius 3 is 2.91 bits per heavy atom. The van der Waals surface area contributed by atoms with Gasteiger partial charge in [-0.25, -0.2) is 0 Å². The molecular weight excluding hydrogens is 136 g/mol. The molecule has 0 aromatic rings. The number of hydrogen-bond donors (Lipinski definition) is 1. The summed E-state index contributed by atoms with van der Waals surface area (Å²) >= 11 is 0. The number of hydrogen-bond acceptors (Lipinski definition) is 2. The second kappa shape index (κ2) is 3.11. The molecule has 0 spiro atoms. The molecule has 2 rings (SSSR count). The molecule has 2 atom stereocenters. The molecule has 11 heavy (non-hydrogen) atoms. The minimum Gasteiger partial charge on any atom is -0.316 e. The van der Waals surface area contributed by atoms with E-state index >= 15 is 0 Å². The van der Waals surface area contributed by atoms with Crippen LogP contribution in [0.25, 0.3) is 0 Å². The number of nitrogens with zero attached hydrogens (tertiary/aromatic N) is 1. The molecule has 0 radical (unpaired) electrons. The van der Waals surface area contributed by atoms with Crippen molar-refractivity contribution in [3.63, 3.8) is 0 Å². The first-order chi connectivity index (χ1) is 5.40. The van der Waals surface area contributed by atoms with Gasteiger partial charge in [0.2, 0.25) is 0 Å². The summed E-state index contributed by atoms with van der Waals surface area (Å²) in [5.41, 5.74) is 0. The van der Waals surface area contributed by atoms with Crippen LogP contribution in [0.15, 0.2) is 0 Å². The topological polar surface area (TPSA) is 15.3 Å². The number of nitrogens with one attached hydrogen (secondary N) is 1. The maximum Gasteiger partial charge on any atom is 0.00249 e. The molecule has 2 heteroatoms. The first-order valence-corrected chi connectivity index (χ1v) is 4.83. The van der Waals surface area contributed by atoms with E-state index in [1.807, 2.05) is 0 Å². The summed E-state index contributed by atoms with van der Waals surface area (Å²) in [6.45, 7) is 8.73. The first-order valence-electron chi connectivity index (χ1n) is 4.83. The quantitative estimate of drug-likeness (QED) is 0.593. The minimum absolute atomic E-state index is 0.962. The highest BCUT2D eigenvalue weighted by Crippen LogP contribution is 2.27. The predicted molar refractivity (Wildman–Crippen MR) is 46.6 cm³/mol. The normalized spacial score (nSPS) is 39.0. The molecule has 0 bridgehead atoms. The molecule has 0 aromatic carbocycles. The maximum absolute atomic E-state index is 3.47. The zero-order chi connectivity index (χ0) is 7.68. The van der Waals surface area contributed by atoms with E-state index in [0.29, 0.717) is 0 Å². The van der Waals surface area contributed by atoms with Crippen LogP contribution in [0.4, 0.5) is 0 Å². The van der Waals surface area contributed by atoms with Gasteiger partial charge in [0.15, 0.2) is 0 Å². The minimum atomic E-state index is 0.962. The van der Waals surface area contributed by atoms with E-state index in [-0.39, 0.29) is 0 Å². The lowest BCUT2D eigenvalue weighted by atomic mass is 9.90. The molecule has 2 aliphatic rings. The predicted octanol–water partition coefficient (Wildman–Crippen LogP) is 0.548. The molecule has 2 nitrogen and oxygen atoms in total. The van der Waals surface area contributed by atoms with Gasteiger partial charge in [0.25, 0.3) is 0 Å². The summed E-state index contributed by atoms with van der Waals surface area (Å²) in [6.07, 6.45) is 1.40. The van der Waals surface area contributed by atoms with Gasteiger partial charge in [-0.15, -0.1) is 0 Å². The Bertz CT molecular complexity index is 122. The van der Waals surface area contributed by atoms with Crippen LogP contribution in [0.5, 0.6) is 0 Å². The van der Waals surface area contributed by atoms with Crippen molar-refractivity contribution in [2.24, 2.45) is 11.8 Å².